The van der Waals surface area contributed by atoms with Gasteiger partial charge in [0.05, 0.1) is 0 Å². The lowest BCUT2D eigenvalue weighted by Crippen LogP contribution is -2.26. The van der Waals surface area contributed by atoms with Crippen molar-refractivity contribution in [3.63, 3.8) is 0 Å². The lowest BCUT2D eigenvalue weighted by Gasteiger charge is -2.23. The fourth-order valence-electron chi connectivity index (χ4n) is 1.97. The topological polar surface area (TPSA) is 37.8 Å². The molecule has 0 aromatic carbocycles. The molecule has 1 rings (SSSR count). The van der Waals surface area contributed by atoms with Crippen LogP contribution in [0.15, 0.2) is 6.07 Å². The Morgan fingerprint density at radius 3 is 2.32 bits per heavy atom. The number of alkyl halides is 3. The van der Waals surface area contributed by atoms with Crippen molar-refractivity contribution in [2.24, 2.45) is 5.92 Å². The predicted octanol–water partition coefficient (Wildman–Crippen LogP) is 4.39. The molecule has 0 fully saturated rings. The third-order valence-corrected chi connectivity index (χ3v) is 3.27. The van der Waals surface area contributed by atoms with Crippen molar-refractivity contribution < 1.29 is 13.2 Å². The Morgan fingerprint density at radius 1 is 1.26 bits per heavy atom. The summed E-state index contributed by atoms with van der Waals surface area (Å²) < 4.78 is 37.7. The summed E-state index contributed by atoms with van der Waals surface area (Å²) in [5.74, 6) is -0.756. The van der Waals surface area contributed by atoms with E-state index in [4.69, 9.17) is 11.6 Å². The Bertz CT molecular complexity index is 419. The van der Waals surface area contributed by atoms with Gasteiger partial charge in [-0.1, -0.05) is 38.3 Å². The number of nitrogens with one attached hydrogen (secondary N) is 1. The summed E-state index contributed by atoms with van der Waals surface area (Å²) in [5.41, 5.74) is 0. The quantitative estimate of drug-likeness (QED) is 0.819. The van der Waals surface area contributed by atoms with Crippen LogP contribution >= 0.6 is 11.6 Å². The first-order chi connectivity index (χ1) is 8.77. The van der Waals surface area contributed by atoms with Crippen molar-refractivity contribution in [1.29, 1.82) is 0 Å². The van der Waals surface area contributed by atoms with Crippen LogP contribution in [0.25, 0.3) is 0 Å². The first-order valence-electron chi connectivity index (χ1n) is 6.16. The van der Waals surface area contributed by atoms with Gasteiger partial charge in [0.2, 0.25) is 5.82 Å². The number of anilines is 1. The van der Waals surface area contributed by atoms with Gasteiger partial charge >= 0.3 is 6.18 Å². The SMILES string of the molecule is CCC(CC)C(C)Nc1cc(Cl)nc(C(F)(F)F)n1. The van der Waals surface area contributed by atoms with Crippen LogP contribution in [0.5, 0.6) is 0 Å². The molecule has 0 spiro atoms. The summed E-state index contributed by atoms with van der Waals surface area (Å²) in [4.78, 5) is 6.65. The van der Waals surface area contributed by atoms with E-state index < -0.39 is 12.0 Å². The van der Waals surface area contributed by atoms with Crippen LogP contribution in [0.4, 0.5) is 19.0 Å². The standard InChI is InChI=1S/C12H17ClF3N3/c1-4-8(5-2)7(3)17-10-6-9(13)18-11(19-10)12(14,15)16/h6-8H,4-5H2,1-3H3,(H,17,18,19). The molecule has 1 aromatic heterocycles. The monoisotopic (exact) mass is 295 g/mol. The average Bonchev–Trinajstić information content (AvgIpc) is 2.28. The first kappa shape index (κ1) is 16.0. The van der Waals surface area contributed by atoms with Gasteiger partial charge in [0.15, 0.2) is 0 Å². The Labute approximate surface area is 115 Å². The molecule has 0 radical (unpaired) electrons. The zero-order valence-corrected chi connectivity index (χ0v) is 11.8. The molecule has 0 aliphatic carbocycles. The summed E-state index contributed by atoms with van der Waals surface area (Å²) in [6, 6.07) is 1.32. The number of hydrogen-bond acceptors (Lipinski definition) is 3. The van der Waals surface area contributed by atoms with Gasteiger partial charge in [-0.15, -0.1) is 0 Å². The number of rotatable bonds is 5. The molecular formula is C12H17ClF3N3. The Kier molecular flexibility index (Phi) is 5.40. The summed E-state index contributed by atoms with van der Waals surface area (Å²) in [6.07, 6.45) is -2.72. The van der Waals surface area contributed by atoms with E-state index in [1.807, 2.05) is 20.8 Å². The third kappa shape index (κ3) is 4.53. The molecule has 1 heterocycles. The van der Waals surface area contributed by atoms with E-state index in [1.54, 1.807) is 0 Å². The van der Waals surface area contributed by atoms with E-state index in [0.29, 0.717) is 5.92 Å². The van der Waals surface area contributed by atoms with Gasteiger partial charge in [-0.05, 0) is 12.8 Å². The number of nitrogens with zero attached hydrogens (tertiary/aromatic N) is 2. The van der Waals surface area contributed by atoms with Gasteiger partial charge in [-0.2, -0.15) is 13.2 Å². The summed E-state index contributed by atoms with van der Waals surface area (Å²) >= 11 is 5.60. The lowest BCUT2D eigenvalue weighted by atomic mass is 9.95. The molecule has 1 unspecified atom stereocenters. The first-order valence-corrected chi connectivity index (χ1v) is 6.54. The molecule has 0 saturated carbocycles. The van der Waals surface area contributed by atoms with E-state index in [0.717, 1.165) is 12.8 Å². The van der Waals surface area contributed by atoms with Gasteiger partial charge in [0, 0.05) is 12.1 Å². The largest absolute Gasteiger partial charge is 0.451 e. The summed E-state index contributed by atoms with van der Waals surface area (Å²) in [6.45, 7) is 6.00. The number of hydrogen-bond donors (Lipinski definition) is 1. The average molecular weight is 296 g/mol. The minimum atomic E-state index is -4.60. The molecule has 0 saturated heterocycles. The van der Waals surface area contributed by atoms with Crippen molar-refractivity contribution in [2.45, 2.75) is 45.8 Å². The Balaban J connectivity index is 2.93. The van der Waals surface area contributed by atoms with Crippen molar-refractivity contribution in [1.82, 2.24) is 9.97 Å². The molecule has 3 nitrogen and oxygen atoms in total. The summed E-state index contributed by atoms with van der Waals surface area (Å²) in [5, 5.41) is 2.74. The van der Waals surface area contributed by atoms with Gasteiger partial charge in [-0.25, -0.2) is 9.97 Å². The zero-order chi connectivity index (χ0) is 14.6. The summed E-state index contributed by atoms with van der Waals surface area (Å²) in [7, 11) is 0. The van der Waals surface area contributed by atoms with Crippen LogP contribution in [-0.4, -0.2) is 16.0 Å². The molecule has 108 valence electrons. The fraction of sp³-hybridized carbons (Fsp3) is 0.667. The van der Waals surface area contributed by atoms with Crippen molar-refractivity contribution >= 4 is 17.4 Å². The smallest absolute Gasteiger partial charge is 0.367 e. The van der Waals surface area contributed by atoms with E-state index in [2.05, 4.69) is 15.3 Å². The fourth-order valence-corrected chi connectivity index (χ4v) is 2.15. The molecule has 0 aliphatic heterocycles. The molecule has 0 aliphatic rings. The molecule has 1 N–H and O–H groups in total. The second-order valence-electron chi connectivity index (χ2n) is 4.41. The van der Waals surface area contributed by atoms with Crippen LogP contribution in [0.1, 0.15) is 39.4 Å². The maximum atomic E-state index is 12.6. The minimum Gasteiger partial charge on any atom is -0.367 e. The Hall–Kier alpha value is -1.04. The molecular weight excluding hydrogens is 279 g/mol. The van der Waals surface area contributed by atoms with Crippen LogP contribution in [0.3, 0.4) is 0 Å². The van der Waals surface area contributed by atoms with E-state index >= 15 is 0 Å². The van der Waals surface area contributed by atoms with Crippen molar-refractivity contribution in [3.8, 4) is 0 Å². The molecule has 1 aromatic rings. The van der Waals surface area contributed by atoms with E-state index in [9.17, 15) is 13.2 Å². The molecule has 0 amide bonds. The second kappa shape index (κ2) is 6.41. The van der Waals surface area contributed by atoms with Gasteiger partial charge in [0.1, 0.15) is 11.0 Å². The highest BCUT2D eigenvalue weighted by molar-refractivity contribution is 6.29. The van der Waals surface area contributed by atoms with Gasteiger partial charge < -0.3 is 5.32 Å². The molecule has 1 atom stereocenters. The number of aromatic nitrogens is 2. The van der Waals surface area contributed by atoms with Crippen LogP contribution in [-0.2, 0) is 6.18 Å². The highest BCUT2D eigenvalue weighted by Gasteiger charge is 2.35. The van der Waals surface area contributed by atoms with Gasteiger partial charge in [0.25, 0.3) is 0 Å². The normalized spacial score (nSPS) is 13.7. The third-order valence-electron chi connectivity index (χ3n) is 3.08. The minimum absolute atomic E-state index is 0.0158. The zero-order valence-electron chi connectivity index (χ0n) is 11.1. The molecule has 0 bridgehead atoms. The predicted molar refractivity (Wildman–Crippen MR) is 69.2 cm³/mol. The van der Waals surface area contributed by atoms with Crippen molar-refractivity contribution in [2.75, 3.05) is 5.32 Å². The van der Waals surface area contributed by atoms with Crippen molar-refractivity contribution in [3.05, 3.63) is 17.0 Å². The maximum Gasteiger partial charge on any atom is 0.451 e. The van der Waals surface area contributed by atoms with Gasteiger partial charge in [-0.3, -0.25) is 0 Å². The lowest BCUT2D eigenvalue weighted by molar-refractivity contribution is -0.144. The molecule has 7 heteroatoms. The van der Waals surface area contributed by atoms with Crippen LogP contribution in [0, 0.1) is 5.92 Å². The van der Waals surface area contributed by atoms with Crippen LogP contribution in [0.2, 0.25) is 5.15 Å². The van der Waals surface area contributed by atoms with E-state index in [-0.39, 0.29) is 17.0 Å². The Morgan fingerprint density at radius 2 is 1.84 bits per heavy atom. The van der Waals surface area contributed by atoms with Crippen LogP contribution < -0.4 is 5.32 Å². The highest BCUT2D eigenvalue weighted by Crippen LogP contribution is 2.28. The number of halogens is 4. The van der Waals surface area contributed by atoms with E-state index in [1.165, 1.54) is 6.07 Å². The maximum absolute atomic E-state index is 12.6. The second-order valence-corrected chi connectivity index (χ2v) is 4.79. The highest BCUT2D eigenvalue weighted by atomic mass is 35.5. The molecule has 19 heavy (non-hydrogen) atoms.